The highest BCUT2D eigenvalue weighted by atomic mass is 35.5. The Balaban J connectivity index is 1.33. The Morgan fingerprint density at radius 2 is 1.74 bits per heavy atom. The number of aromatic nitrogens is 2. The first-order chi connectivity index (χ1) is 16.6. The number of benzene rings is 3. The van der Waals surface area contributed by atoms with Crippen LogP contribution in [0, 0.1) is 0 Å². The zero-order valence-corrected chi connectivity index (χ0v) is 19.9. The third-order valence-electron chi connectivity index (χ3n) is 5.86. The normalized spacial score (nSPS) is 14.9. The van der Waals surface area contributed by atoms with Crippen molar-refractivity contribution in [2.45, 2.75) is 35.2 Å². The average Bonchev–Trinajstić information content (AvgIpc) is 2.87. The number of carbonyl (C=O) groups excluding carboxylic acids is 1. The van der Waals surface area contributed by atoms with E-state index in [1.54, 1.807) is 30.3 Å². The molecule has 1 aliphatic rings. The number of nitrogens with zero attached hydrogens (tertiary/aromatic N) is 2. The summed E-state index contributed by atoms with van der Waals surface area (Å²) in [6.07, 6.45) is 3.03. The van der Waals surface area contributed by atoms with Gasteiger partial charge in [0.05, 0.1) is 11.7 Å². The van der Waals surface area contributed by atoms with Gasteiger partial charge >= 0.3 is 0 Å². The van der Waals surface area contributed by atoms with Crippen molar-refractivity contribution in [1.29, 1.82) is 0 Å². The van der Waals surface area contributed by atoms with Crippen LogP contribution in [-0.4, -0.2) is 15.7 Å². The van der Waals surface area contributed by atoms with E-state index >= 15 is 0 Å². The summed E-state index contributed by atoms with van der Waals surface area (Å²) in [5.41, 5.74) is 3.41. The molecule has 5 rings (SSSR count). The van der Waals surface area contributed by atoms with Crippen LogP contribution in [0.25, 0.3) is 5.69 Å². The Morgan fingerprint density at radius 3 is 2.53 bits per heavy atom. The van der Waals surface area contributed by atoms with Crippen LogP contribution in [0.4, 0.5) is 0 Å². The first-order valence-electron chi connectivity index (χ1n) is 11.1. The summed E-state index contributed by atoms with van der Waals surface area (Å²) in [6, 6.07) is 25.9. The number of amides is 1. The SMILES string of the molecule is O=C(N[C@@H]1CCCc2ccccc21)c1ccc(-n2nc(Sc3ccc(Cl)cc3)ccc2=O)cc1. The van der Waals surface area contributed by atoms with E-state index in [1.165, 1.54) is 33.6 Å². The summed E-state index contributed by atoms with van der Waals surface area (Å²) >= 11 is 7.40. The van der Waals surface area contributed by atoms with Crippen LogP contribution in [0.2, 0.25) is 5.02 Å². The van der Waals surface area contributed by atoms with E-state index in [9.17, 15) is 9.59 Å². The van der Waals surface area contributed by atoms with E-state index in [1.807, 2.05) is 36.4 Å². The Morgan fingerprint density at radius 1 is 0.971 bits per heavy atom. The maximum atomic E-state index is 12.9. The van der Waals surface area contributed by atoms with Crippen LogP contribution >= 0.6 is 23.4 Å². The number of aryl methyl sites for hydroxylation is 1. The van der Waals surface area contributed by atoms with E-state index in [2.05, 4.69) is 22.5 Å². The Bertz CT molecular complexity index is 1380. The number of fused-ring (bicyclic) bond motifs is 1. The predicted molar refractivity (Wildman–Crippen MR) is 135 cm³/mol. The summed E-state index contributed by atoms with van der Waals surface area (Å²) in [6.45, 7) is 0. The fraction of sp³-hybridized carbons (Fsp3) is 0.148. The molecule has 0 saturated heterocycles. The van der Waals surface area contributed by atoms with Gasteiger partial charge in [-0.05, 0) is 85.0 Å². The average molecular weight is 488 g/mol. The first-order valence-corrected chi connectivity index (χ1v) is 12.3. The number of hydrogen-bond donors (Lipinski definition) is 1. The fourth-order valence-corrected chi connectivity index (χ4v) is 5.05. The van der Waals surface area contributed by atoms with E-state index in [0.29, 0.717) is 21.3 Å². The molecule has 1 N–H and O–H groups in total. The molecule has 1 amide bonds. The number of carbonyl (C=O) groups is 1. The van der Waals surface area contributed by atoms with Crippen LogP contribution < -0.4 is 10.9 Å². The van der Waals surface area contributed by atoms with Crippen LogP contribution in [0.1, 0.15) is 40.4 Å². The minimum atomic E-state index is -0.239. The quantitative estimate of drug-likeness (QED) is 0.384. The van der Waals surface area contributed by atoms with Crippen molar-refractivity contribution in [2.24, 2.45) is 0 Å². The minimum absolute atomic E-state index is 0.0167. The van der Waals surface area contributed by atoms with Crippen molar-refractivity contribution < 1.29 is 4.79 Å². The van der Waals surface area contributed by atoms with Gasteiger partial charge in [-0.25, -0.2) is 0 Å². The first kappa shape index (κ1) is 22.4. The molecule has 7 heteroatoms. The Kier molecular flexibility index (Phi) is 6.52. The highest BCUT2D eigenvalue weighted by molar-refractivity contribution is 7.99. The maximum absolute atomic E-state index is 12.9. The minimum Gasteiger partial charge on any atom is -0.345 e. The van der Waals surface area contributed by atoms with Gasteiger partial charge in [-0.2, -0.15) is 9.78 Å². The molecular formula is C27H22ClN3O2S. The van der Waals surface area contributed by atoms with Gasteiger partial charge in [-0.1, -0.05) is 47.6 Å². The molecule has 0 fully saturated rings. The zero-order valence-electron chi connectivity index (χ0n) is 18.3. The van der Waals surface area contributed by atoms with Gasteiger partial charge in [0.2, 0.25) is 0 Å². The molecule has 0 bridgehead atoms. The number of nitrogens with one attached hydrogen (secondary N) is 1. The highest BCUT2D eigenvalue weighted by Gasteiger charge is 2.22. The van der Waals surface area contributed by atoms with E-state index < -0.39 is 0 Å². The lowest BCUT2D eigenvalue weighted by Crippen LogP contribution is -2.31. The molecule has 1 atom stereocenters. The lowest BCUT2D eigenvalue weighted by Gasteiger charge is -2.26. The van der Waals surface area contributed by atoms with Crippen molar-refractivity contribution in [3.63, 3.8) is 0 Å². The van der Waals surface area contributed by atoms with Gasteiger partial charge in [-0.15, -0.1) is 0 Å². The number of hydrogen-bond acceptors (Lipinski definition) is 4. The molecule has 1 aliphatic carbocycles. The van der Waals surface area contributed by atoms with Crippen molar-refractivity contribution in [1.82, 2.24) is 15.1 Å². The van der Waals surface area contributed by atoms with Crippen LogP contribution in [0.3, 0.4) is 0 Å². The van der Waals surface area contributed by atoms with Crippen molar-refractivity contribution in [3.8, 4) is 5.69 Å². The maximum Gasteiger partial charge on any atom is 0.271 e. The molecule has 5 nitrogen and oxygen atoms in total. The second-order valence-corrected chi connectivity index (χ2v) is 9.67. The van der Waals surface area contributed by atoms with Crippen LogP contribution in [-0.2, 0) is 6.42 Å². The van der Waals surface area contributed by atoms with Crippen LogP contribution in [0.15, 0.2) is 99.6 Å². The number of halogens is 1. The topological polar surface area (TPSA) is 64.0 Å². The second-order valence-electron chi connectivity index (χ2n) is 8.14. The third-order valence-corrected chi connectivity index (χ3v) is 7.05. The predicted octanol–water partition coefficient (Wildman–Crippen LogP) is 5.84. The summed E-state index contributed by atoms with van der Waals surface area (Å²) < 4.78 is 1.34. The molecule has 1 heterocycles. The molecule has 0 radical (unpaired) electrons. The van der Waals surface area contributed by atoms with Gasteiger partial charge < -0.3 is 5.32 Å². The van der Waals surface area contributed by atoms with Crippen molar-refractivity contribution in [2.75, 3.05) is 0 Å². The summed E-state index contributed by atoms with van der Waals surface area (Å²) in [5, 5.41) is 9.00. The van der Waals surface area contributed by atoms with E-state index in [4.69, 9.17) is 11.6 Å². The lowest BCUT2D eigenvalue weighted by atomic mass is 9.87. The summed E-state index contributed by atoms with van der Waals surface area (Å²) in [4.78, 5) is 26.3. The molecule has 3 aromatic carbocycles. The molecule has 0 aliphatic heterocycles. The monoisotopic (exact) mass is 487 g/mol. The fourth-order valence-electron chi connectivity index (χ4n) is 4.16. The molecule has 34 heavy (non-hydrogen) atoms. The van der Waals surface area contributed by atoms with Gasteiger partial charge in [0, 0.05) is 21.5 Å². The van der Waals surface area contributed by atoms with Gasteiger partial charge in [0.15, 0.2) is 0 Å². The summed E-state index contributed by atoms with van der Waals surface area (Å²) in [7, 11) is 0. The molecule has 0 spiro atoms. The molecule has 0 unspecified atom stereocenters. The summed E-state index contributed by atoms with van der Waals surface area (Å²) in [5.74, 6) is -0.124. The molecule has 4 aromatic rings. The molecule has 170 valence electrons. The van der Waals surface area contributed by atoms with Gasteiger partial charge in [0.25, 0.3) is 11.5 Å². The molecular weight excluding hydrogens is 466 g/mol. The standard InChI is InChI=1S/C27H22ClN3O2S/c28-20-10-14-22(15-11-20)34-25-16-17-26(32)31(30-25)21-12-8-19(9-13-21)27(33)29-24-7-3-5-18-4-1-2-6-23(18)24/h1-2,4,6,8-17,24H,3,5,7H2,(H,29,33)/t24-/m1/s1. The zero-order chi connectivity index (χ0) is 23.5. The lowest BCUT2D eigenvalue weighted by molar-refractivity contribution is 0.0932. The van der Waals surface area contributed by atoms with Gasteiger partial charge in [-0.3, -0.25) is 9.59 Å². The Hall–Kier alpha value is -3.35. The smallest absolute Gasteiger partial charge is 0.271 e. The van der Waals surface area contributed by atoms with Gasteiger partial charge in [0.1, 0.15) is 5.03 Å². The number of rotatable bonds is 5. The van der Waals surface area contributed by atoms with Crippen molar-refractivity contribution in [3.05, 3.63) is 117 Å². The van der Waals surface area contributed by atoms with E-state index in [0.717, 1.165) is 24.2 Å². The molecule has 1 aromatic heterocycles. The molecule has 0 saturated carbocycles. The van der Waals surface area contributed by atoms with E-state index in [-0.39, 0.29) is 17.5 Å². The van der Waals surface area contributed by atoms with Crippen molar-refractivity contribution >= 4 is 29.3 Å². The largest absolute Gasteiger partial charge is 0.345 e. The Labute approximate surface area is 206 Å². The second kappa shape index (κ2) is 9.87. The highest BCUT2D eigenvalue weighted by Crippen LogP contribution is 2.30. The third kappa shape index (κ3) is 4.93. The van der Waals surface area contributed by atoms with Crippen LogP contribution in [0.5, 0.6) is 0 Å².